The number of hydrogen-bond donors (Lipinski definition) is 2. The summed E-state index contributed by atoms with van der Waals surface area (Å²) in [5.41, 5.74) is 5.01. The minimum absolute atomic E-state index is 0.00593. The summed E-state index contributed by atoms with van der Waals surface area (Å²) in [6, 6.07) is 0. The van der Waals surface area contributed by atoms with E-state index in [1.807, 2.05) is 13.8 Å². The zero-order valence-electron chi connectivity index (χ0n) is 9.81. The molecule has 1 aromatic rings. The Morgan fingerprint density at radius 1 is 1.56 bits per heavy atom. The van der Waals surface area contributed by atoms with Crippen LogP contribution >= 0.6 is 0 Å². The Morgan fingerprint density at radius 3 is 2.88 bits per heavy atom. The molecule has 1 rings (SSSR count). The van der Waals surface area contributed by atoms with Gasteiger partial charge in [0.05, 0.1) is 11.6 Å². The van der Waals surface area contributed by atoms with Gasteiger partial charge in [-0.25, -0.2) is 0 Å². The van der Waals surface area contributed by atoms with E-state index in [1.165, 1.54) is 0 Å². The minimum Gasteiger partial charge on any atom is -0.356 e. The van der Waals surface area contributed by atoms with Crippen molar-refractivity contribution in [2.75, 3.05) is 13.1 Å². The minimum atomic E-state index is -0.493. The van der Waals surface area contributed by atoms with E-state index in [2.05, 4.69) is 15.6 Å². The molecule has 0 aliphatic carbocycles. The monoisotopic (exact) mass is 225 g/mol. The Bertz CT molecular complexity index is 320. The molecule has 0 fully saturated rings. The average molecular weight is 225 g/mol. The van der Waals surface area contributed by atoms with Crippen LogP contribution < -0.4 is 11.1 Å². The number of amides is 1. The van der Waals surface area contributed by atoms with Crippen molar-refractivity contribution >= 4 is 5.91 Å². The van der Waals surface area contributed by atoms with Gasteiger partial charge < -0.3 is 11.1 Å². The maximum Gasteiger partial charge on any atom is 0.226 e. The molecule has 16 heavy (non-hydrogen) atoms. The molecule has 1 heterocycles. The van der Waals surface area contributed by atoms with E-state index in [4.69, 9.17) is 5.73 Å². The summed E-state index contributed by atoms with van der Waals surface area (Å²) in [5.74, 6) is -0.00593. The molecule has 0 radical (unpaired) electrons. The van der Waals surface area contributed by atoms with Crippen molar-refractivity contribution in [2.45, 2.75) is 26.8 Å². The molecular weight excluding hydrogens is 206 g/mol. The molecule has 0 aromatic carbocycles. The molecular formula is C10H19N5O. The van der Waals surface area contributed by atoms with Crippen LogP contribution in [-0.4, -0.2) is 34.0 Å². The zero-order chi connectivity index (χ0) is 12.0. The molecule has 3 N–H and O–H groups in total. The van der Waals surface area contributed by atoms with E-state index in [9.17, 15) is 4.79 Å². The summed E-state index contributed by atoms with van der Waals surface area (Å²) in [6.45, 7) is 5.40. The molecule has 0 unspecified atom stereocenters. The summed E-state index contributed by atoms with van der Waals surface area (Å²) in [7, 11) is 0. The summed E-state index contributed by atoms with van der Waals surface area (Å²) in [6.07, 6.45) is 4.26. The van der Waals surface area contributed by atoms with Crippen LogP contribution in [0.15, 0.2) is 12.4 Å². The van der Waals surface area contributed by atoms with Gasteiger partial charge in [-0.1, -0.05) is 5.21 Å². The van der Waals surface area contributed by atoms with Crippen molar-refractivity contribution in [1.29, 1.82) is 0 Å². The number of carbonyl (C=O) groups excluding carboxylic acids is 1. The highest BCUT2D eigenvalue weighted by Gasteiger charge is 2.24. The molecule has 0 spiro atoms. The number of aromatic nitrogens is 3. The van der Waals surface area contributed by atoms with Gasteiger partial charge in [0.15, 0.2) is 0 Å². The van der Waals surface area contributed by atoms with Gasteiger partial charge >= 0.3 is 0 Å². The predicted molar refractivity (Wildman–Crippen MR) is 60.5 cm³/mol. The molecule has 6 heteroatoms. The fourth-order valence-corrected chi connectivity index (χ4v) is 1.13. The number of aryl methyl sites for hydroxylation is 1. The molecule has 0 saturated carbocycles. The quantitative estimate of drug-likeness (QED) is 0.655. The Labute approximate surface area is 95.2 Å². The van der Waals surface area contributed by atoms with E-state index in [-0.39, 0.29) is 5.91 Å². The number of carbonyl (C=O) groups is 1. The third kappa shape index (κ3) is 3.62. The van der Waals surface area contributed by atoms with E-state index < -0.39 is 5.41 Å². The summed E-state index contributed by atoms with van der Waals surface area (Å²) < 4.78 is 1.74. The number of nitrogens with one attached hydrogen (secondary N) is 1. The van der Waals surface area contributed by atoms with Crippen molar-refractivity contribution in [3.8, 4) is 0 Å². The highest BCUT2D eigenvalue weighted by atomic mass is 16.2. The van der Waals surface area contributed by atoms with Crippen molar-refractivity contribution < 1.29 is 4.79 Å². The fraction of sp³-hybridized carbons (Fsp3) is 0.700. The first-order chi connectivity index (χ1) is 7.56. The Kier molecular flexibility index (Phi) is 4.42. The maximum atomic E-state index is 11.6. The van der Waals surface area contributed by atoms with Crippen molar-refractivity contribution in [3.05, 3.63) is 12.4 Å². The van der Waals surface area contributed by atoms with Crippen molar-refractivity contribution in [2.24, 2.45) is 11.1 Å². The van der Waals surface area contributed by atoms with Crippen LogP contribution in [0.2, 0.25) is 0 Å². The summed E-state index contributed by atoms with van der Waals surface area (Å²) in [5, 5.41) is 10.4. The lowest BCUT2D eigenvalue weighted by molar-refractivity contribution is -0.128. The van der Waals surface area contributed by atoms with Crippen LogP contribution in [-0.2, 0) is 11.3 Å². The molecule has 90 valence electrons. The Balaban J connectivity index is 2.18. The number of nitrogens with zero attached hydrogens (tertiary/aromatic N) is 3. The van der Waals surface area contributed by atoms with Crippen LogP contribution in [0, 0.1) is 5.41 Å². The van der Waals surface area contributed by atoms with Crippen LogP contribution in [0.1, 0.15) is 20.3 Å². The molecule has 0 aliphatic heterocycles. The molecule has 1 aromatic heterocycles. The molecule has 0 bridgehead atoms. The van der Waals surface area contributed by atoms with Gasteiger partial charge in [-0.2, -0.15) is 0 Å². The summed E-state index contributed by atoms with van der Waals surface area (Å²) in [4.78, 5) is 11.6. The first-order valence-electron chi connectivity index (χ1n) is 5.39. The van der Waals surface area contributed by atoms with Crippen molar-refractivity contribution in [3.63, 3.8) is 0 Å². The topological polar surface area (TPSA) is 85.8 Å². The highest BCUT2D eigenvalue weighted by Crippen LogP contribution is 2.11. The standard InChI is InChI=1S/C10H19N5O/c1-10(2,8-11)9(16)12-4-3-6-15-7-5-13-14-15/h5,7H,3-4,6,8,11H2,1-2H3,(H,12,16). The molecule has 0 saturated heterocycles. The molecule has 0 aliphatic rings. The van der Waals surface area contributed by atoms with E-state index in [0.717, 1.165) is 13.0 Å². The van der Waals surface area contributed by atoms with Gasteiger partial charge in [0, 0.05) is 25.8 Å². The van der Waals surface area contributed by atoms with Crippen LogP contribution in [0.5, 0.6) is 0 Å². The molecule has 6 nitrogen and oxygen atoms in total. The van der Waals surface area contributed by atoms with Gasteiger partial charge in [0.1, 0.15) is 0 Å². The summed E-state index contributed by atoms with van der Waals surface area (Å²) >= 11 is 0. The number of hydrogen-bond acceptors (Lipinski definition) is 4. The van der Waals surface area contributed by atoms with Crippen LogP contribution in [0.3, 0.4) is 0 Å². The second-order valence-corrected chi connectivity index (χ2v) is 4.36. The lowest BCUT2D eigenvalue weighted by Crippen LogP contribution is -2.42. The second-order valence-electron chi connectivity index (χ2n) is 4.36. The SMILES string of the molecule is CC(C)(CN)C(=O)NCCCn1ccnn1. The third-order valence-electron chi connectivity index (χ3n) is 2.45. The van der Waals surface area contributed by atoms with Crippen LogP contribution in [0.4, 0.5) is 0 Å². The van der Waals surface area contributed by atoms with Gasteiger partial charge in [-0.15, -0.1) is 5.10 Å². The fourth-order valence-electron chi connectivity index (χ4n) is 1.13. The smallest absolute Gasteiger partial charge is 0.226 e. The maximum absolute atomic E-state index is 11.6. The van der Waals surface area contributed by atoms with Crippen LogP contribution in [0.25, 0.3) is 0 Å². The normalized spacial score (nSPS) is 11.4. The first kappa shape index (κ1) is 12.6. The first-order valence-corrected chi connectivity index (χ1v) is 5.39. The third-order valence-corrected chi connectivity index (χ3v) is 2.45. The van der Waals surface area contributed by atoms with E-state index in [0.29, 0.717) is 13.1 Å². The van der Waals surface area contributed by atoms with Gasteiger partial charge in [0.25, 0.3) is 0 Å². The predicted octanol–water partition coefficient (Wildman–Crippen LogP) is -0.231. The van der Waals surface area contributed by atoms with E-state index >= 15 is 0 Å². The highest BCUT2D eigenvalue weighted by molar-refractivity contribution is 5.81. The average Bonchev–Trinajstić information content (AvgIpc) is 2.76. The lowest BCUT2D eigenvalue weighted by Gasteiger charge is -2.21. The van der Waals surface area contributed by atoms with Crippen molar-refractivity contribution in [1.82, 2.24) is 20.3 Å². The lowest BCUT2D eigenvalue weighted by atomic mass is 9.93. The van der Waals surface area contributed by atoms with Gasteiger partial charge in [0.2, 0.25) is 5.91 Å². The Morgan fingerprint density at radius 2 is 2.31 bits per heavy atom. The second kappa shape index (κ2) is 5.60. The Hall–Kier alpha value is -1.43. The van der Waals surface area contributed by atoms with Gasteiger partial charge in [-0.3, -0.25) is 9.48 Å². The largest absolute Gasteiger partial charge is 0.356 e. The van der Waals surface area contributed by atoms with Gasteiger partial charge in [-0.05, 0) is 20.3 Å². The number of nitrogens with two attached hydrogens (primary N) is 1. The molecule has 1 amide bonds. The zero-order valence-corrected chi connectivity index (χ0v) is 9.81. The van der Waals surface area contributed by atoms with E-state index in [1.54, 1.807) is 17.1 Å². The molecule has 0 atom stereocenters. The number of rotatable bonds is 6.